The summed E-state index contributed by atoms with van der Waals surface area (Å²) in [4.78, 5) is 11.8. The van der Waals surface area contributed by atoms with Gasteiger partial charge in [0.05, 0.1) is 6.61 Å². The minimum absolute atomic E-state index is 0.0497. The fourth-order valence-corrected chi connectivity index (χ4v) is 4.64. The summed E-state index contributed by atoms with van der Waals surface area (Å²) in [6, 6.07) is 13.1. The largest absolute Gasteiger partial charge is 0.450 e. The summed E-state index contributed by atoms with van der Waals surface area (Å²) in [5.74, 6) is 0. The number of ether oxygens (including phenoxy) is 1. The molecule has 0 aliphatic heterocycles. The van der Waals surface area contributed by atoms with Gasteiger partial charge in [0.15, 0.2) is 0 Å². The lowest BCUT2D eigenvalue weighted by molar-refractivity contribution is 0.135. The summed E-state index contributed by atoms with van der Waals surface area (Å²) in [7, 11) is 0. The van der Waals surface area contributed by atoms with Gasteiger partial charge in [0.25, 0.3) is 0 Å². The van der Waals surface area contributed by atoms with Crippen molar-refractivity contribution in [1.82, 2.24) is 5.32 Å². The first-order valence-electron chi connectivity index (χ1n) is 9.65. The lowest BCUT2D eigenvalue weighted by atomic mass is 9.76. The van der Waals surface area contributed by atoms with E-state index < -0.39 is 0 Å². The molecule has 150 valence electrons. The Morgan fingerprint density at radius 1 is 1.00 bits per heavy atom. The molecule has 0 fully saturated rings. The molecule has 0 unspecified atom stereocenters. The number of halogens is 2. The van der Waals surface area contributed by atoms with Crippen LogP contribution in [0.5, 0.6) is 0 Å². The summed E-state index contributed by atoms with van der Waals surface area (Å²) in [5.41, 5.74) is 5.03. The predicted molar refractivity (Wildman–Crippen MR) is 122 cm³/mol. The SMILES string of the molecule is CC(C)(C)NC(=O)OCCCCC1(C)c2cc(Br)ccc2-c2ccc(Br)cc21. The first-order valence-corrected chi connectivity index (χ1v) is 11.2. The molecule has 3 nitrogen and oxygen atoms in total. The molecule has 0 aromatic heterocycles. The van der Waals surface area contributed by atoms with Crippen LogP contribution < -0.4 is 5.32 Å². The van der Waals surface area contributed by atoms with E-state index in [1.807, 2.05) is 20.8 Å². The lowest BCUT2D eigenvalue weighted by Crippen LogP contribution is -2.41. The Bertz CT molecular complexity index is 835. The van der Waals surface area contributed by atoms with Crippen LogP contribution in [0, 0.1) is 0 Å². The number of carbonyl (C=O) groups excluding carboxylic acids is 1. The molecule has 0 spiro atoms. The molecule has 0 saturated carbocycles. The summed E-state index contributed by atoms with van der Waals surface area (Å²) in [6.45, 7) is 8.60. The average molecular weight is 509 g/mol. The highest BCUT2D eigenvalue weighted by Crippen LogP contribution is 2.52. The van der Waals surface area contributed by atoms with Crippen molar-refractivity contribution in [3.05, 3.63) is 56.5 Å². The maximum absolute atomic E-state index is 11.8. The number of hydrogen-bond acceptors (Lipinski definition) is 2. The van der Waals surface area contributed by atoms with E-state index in [2.05, 4.69) is 80.5 Å². The molecule has 1 amide bonds. The van der Waals surface area contributed by atoms with E-state index >= 15 is 0 Å². The van der Waals surface area contributed by atoms with E-state index in [1.54, 1.807) is 0 Å². The molecular weight excluding hydrogens is 482 g/mol. The second-order valence-electron chi connectivity index (χ2n) is 8.68. The molecule has 2 aromatic rings. The van der Waals surface area contributed by atoms with Crippen LogP contribution in [0.25, 0.3) is 11.1 Å². The van der Waals surface area contributed by atoms with Gasteiger partial charge in [-0.05, 0) is 86.6 Å². The lowest BCUT2D eigenvalue weighted by Gasteiger charge is -2.28. The van der Waals surface area contributed by atoms with E-state index in [0.717, 1.165) is 28.2 Å². The van der Waals surface area contributed by atoms with Crippen molar-refractivity contribution in [2.24, 2.45) is 0 Å². The number of unbranched alkanes of at least 4 members (excludes halogenated alkanes) is 1. The van der Waals surface area contributed by atoms with Crippen molar-refractivity contribution in [2.45, 2.75) is 57.9 Å². The Morgan fingerprint density at radius 3 is 2.04 bits per heavy atom. The van der Waals surface area contributed by atoms with Crippen LogP contribution in [0.4, 0.5) is 4.79 Å². The number of benzene rings is 2. The Hall–Kier alpha value is -1.33. The maximum atomic E-state index is 11.8. The highest BCUT2D eigenvalue weighted by molar-refractivity contribution is 9.10. The molecule has 0 bridgehead atoms. The fourth-order valence-electron chi connectivity index (χ4n) is 3.92. The van der Waals surface area contributed by atoms with Gasteiger partial charge in [-0.2, -0.15) is 0 Å². The first kappa shape index (κ1) is 21.4. The van der Waals surface area contributed by atoms with Gasteiger partial charge in [-0.25, -0.2) is 4.79 Å². The van der Waals surface area contributed by atoms with Crippen LogP contribution in [0.15, 0.2) is 45.3 Å². The Labute approximate surface area is 184 Å². The zero-order chi connectivity index (χ0) is 20.5. The van der Waals surface area contributed by atoms with Crippen LogP contribution in [0.1, 0.15) is 58.1 Å². The number of carbonyl (C=O) groups is 1. The van der Waals surface area contributed by atoms with Crippen LogP contribution in [-0.2, 0) is 10.2 Å². The van der Waals surface area contributed by atoms with Gasteiger partial charge in [-0.1, -0.05) is 50.9 Å². The topological polar surface area (TPSA) is 38.3 Å². The van der Waals surface area contributed by atoms with Crippen LogP contribution in [-0.4, -0.2) is 18.2 Å². The molecule has 3 rings (SSSR count). The normalized spacial score (nSPS) is 14.4. The first-order chi connectivity index (χ1) is 13.1. The van der Waals surface area contributed by atoms with Crippen molar-refractivity contribution in [3.63, 3.8) is 0 Å². The standard InChI is InChI=1S/C23H27Br2NO2/c1-22(2,3)26-21(27)28-12-6-5-11-23(4)19-13-15(24)7-9-17(19)18-10-8-16(25)14-20(18)23/h7-10,13-14H,5-6,11-12H2,1-4H3,(H,26,27). The van der Waals surface area contributed by atoms with Gasteiger partial charge in [-0.3, -0.25) is 0 Å². The number of fused-ring (bicyclic) bond motifs is 3. The van der Waals surface area contributed by atoms with Crippen LogP contribution in [0.3, 0.4) is 0 Å². The third kappa shape index (κ3) is 4.62. The molecule has 1 aliphatic rings. The molecule has 1 aliphatic carbocycles. The number of nitrogens with one attached hydrogen (secondary N) is 1. The fraction of sp³-hybridized carbons (Fsp3) is 0.435. The molecule has 0 saturated heterocycles. The second kappa shape index (κ2) is 8.19. The quantitative estimate of drug-likeness (QED) is 0.434. The van der Waals surface area contributed by atoms with E-state index in [0.29, 0.717) is 6.61 Å². The molecule has 5 heteroatoms. The van der Waals surface area contributed by atoms with Crippen molar-refractivity contribution in [3.8, 4) is 11.1 Å². The average Bonchev–Trinajstić information content (AvgIpc) is 2.82. The Morgan fingerprint density at radius 2 is 1.54 bits per heavy atom. The van der Waals surface area contributed by atoms with Gasteiger partial charge in [0.2, 0.25) is 0 Å². The zero-order valence-corrected chi connectivity index (χ0v) is 20.0. The molecule has 0 heterocycles. The van der Waals surface area contributed by atoms with E-state index in [9.17, 15) is 4.79 Å². The van der Waals surface area contributed by atoms with Gasteiger partial charge in [0, 0.05) is 19.9 Å². The summed E-state index contributed by atoms with van der Waals surface area (Å²) >= 11 is 7.27. The molecule has 28 heavy (non-hydrogen) atoms. The van der Waals surface area contributed by atoms with Crippen molar-refractivity contribution in [2.75, 3.05) is 6.61 Å². The van der Waals surface area contributed by atoms with Gasteiger partial charge < -0.3 is 10.1 Å². The Kier molecular flexibility index (Phi) is 6.26. The number of rotatable bonds is 5. The van der Waals surface area contributed by atoms with Crippen molar-refractivity contribution >= 4 is 38.0 Å². The third-order valence-corrected chi connectivity index (χ3v) is 6.21. The van der Waals surface area contributed by atoms with Gasteiger partial charge in [0.1, 0.15) is 0 Å². The minimum Gasteiger partial charge on any atom is -0.450 e. The predicted octanol–water partition coefficient (Wildman–Crippen LogP) is 7.19. The van der Waals surface area contributed by atoms with Crippen LogP contribution in [0.2, 0.25) is 0 Å². The second-order valence-corrected chi connectivity index (χ2v) is 10.5. The summed E-state index contributed by atoms with van der Waals surface area (Å²) in [5, 5.41) is 2.83. The molecular formula is C23H27Br2NO2. The summed E-state index contributed by atoms with van der Waals surface area (Å²) in [6.07, 6.45) is 2.49. The maximum Gasteiger partial charge on any atom is 0.407 e. The highest BCUT2D eigenvalue weighted by Gasteiger charge is 2.39. The number of alkyl carbamates (subject to hydrolysis) is 1. The monoisotopic (exact) mass is 507 g/mol. The zero-order valence-electron chi connectivity index (χ0n) is 16.9. The summed E-state index contributed by atoms with van der Waals surface area (Å²) < 4.78 is 7.53. The third-order valence-electron chi connectivity index (χ3n) is 5.22. The van der Waals surface area contributed by atoms with Crippen molar-refractivity contribution < 1.29 is 9.53 Å². The molecule has 2 aromatic carbocycles. The number of amides is 1. The molecule has 1 N–H and O–H groups in total. The Balaban J connectivity index is 1.69. The minimum atomic E-state index is -0.344. The van der Waals surface area contributed by atoms with Gasteiger partial charge >= 0.3 is 6.09 Å². The molecule has 0 radical (unpaired) electrons. The van der Waals surface area contributed by atoms with E-state index in [-0.39, 0.29) is 17.0 Å². The number of hydrogen-bond donors (Lipinski definition) is 1. The van der Waals surface area contributed by atoms with E-state index in [4.69, 9.17) is 4.74 Å². The van der Waals surface area contributed by atoms with Crippen LogP contribution >= 0.6 is 31.9 Å². The van der Waals surface area contributed by atoms with Gasteiger partial charge in [-0.15, -0.1) is 0 Å². The van der Waals surface area contributed by atoms with E-state index in [1.165, 1.54) is 22.3 Å². The smallest absolute Gasteiger partial charge is 0.407 e. The highest BCUT2D eigenvalue weighted by atomic mass is 79.9. The van der Waals surface area contributed by atoms with Crippen molar-refractivity contribution in [1.29, 1.82) is 0 Å². The molecule has 0 atom stereocenters.